The topological polar surface area (TPSA) is 83.7 Å². The van der Waals surface area contributed by atoms with Crippen molar-refractivity contribution < 1.29 is 23.4 Å². The van der Waals surface area contributed by atoms with Gasteiger partial charge in [0.25, 0.3) is 0 Å². The van der Waals surface area contributed by atoms with E-state index in [2.05, 4.69) is 10.2 Å². The van der Waals surface area contributed by atoms with E-state index in [1.165, 1.54) is 6.39 Å². The highest BCUT2D eigenvalue weighted by molar-refractivity contribution is 6.32. The molecule has 0 N–H and O–H groups in total. The summed E-state index contributed by atoms with van der Waals surface area (Å²) in [6, 6.07) is 10.2. The Labute approximate surface area is 153 Å². The summed E-state index contributed by atoms with van der Waals surface area (Å²) >= 11 is 6.18. The number of aromatic nitrogens is 2. The zero-order valence-electron chi connectivity index (χ0n) is 13.5. The third-order valence-corrected chi connectivity index (χ3v) is 3.98. The van der Waals surface area contributed by atoms with Gasteiger partial charge in [0.2, 0.25) is 12.3 Å². The van der Waals surface area contributed by atoms with Gasteiger partial charge >= 0.3 is 5.97 Å². The Bertz CT molecular complexity index is 926. The lowest BCUT2D eigenvalue weighted by atomic mass is 10.1. The number of carbonyl (C=O) groups excluding carboxylic acids is 1. The Kier molecular flexibility index (Phi) is 4.45. The van der Waals surface area contributed by atoms with Crippen LogP contribution in [-0.2, 0) is 11.2 Å². The number of ether oxygens (including phenoxy) is 3. The second-order valence-electron chi connectivity index (χ2n) is 5.52. The Morgan fingerprint density at radius 2 is 1.96 bits per heavy atom. The number of nitrogens with zero attached hydrogens (tertiary/aromatic N) is 2. The number of rotatable bonds is 4. The summed E-state index contributed by atoms with van der Waals surface area (Å²) < 4.78 is 21.4. The van der Waals surface area contributed by atoms with Crippen molar-refractivity contribution in [2.75, 3.05) is 13.2 Å². The number of esters is 1. The van der Waals surface area contributed by atoms with Gasteiger partial charge in [0.15, 0.2) is 11.5 Å². The van der Waals surface area contributed by atoms with E-state index in [-0.39, 0.29) is 6.42 Å². The van der Waals surface area contributed by atoms with Gasteiger partial charge in [-0.2, -0.15) is 0 Å². The van der Waals surface area contributed by atoms with Gasteiger partial charge in [-0.15, -0.1) is 10.2 Å². The Hall–Kier alpha value is -3.06. The highest BCUT2D eigenvalue weighted by atomic mass is 35.5. The summed E-state index contributed by atoms with van der Waals surface area (Å²) in [5.74, 6) is 1.45. The summed E-state index contributed by atoms with van der Waals surface area (Å²) in [6.07, 6.45) is 1.31. The maximum atomic E-state index is 12.2. The molecule has 0 aliphatic carbocycles. The molecule has 0 saturated heterocycles. The Morgan fingerprint density at radius 1 is 1.15 bits per heavy atom. The lowest BCUT2D eigenvalue weighted by Gasteiger charge is -2.20. The van der Waals surface area contributed by atoms with E-state index in [1.54, 1.807) is 36.4 Å². The van der Waals surface area contributed by atoms with Crippen LogP contribution in [0, 0.1) is 0 Å². The lowest BCUT2D eigenvalue weighted by Crippen LogP contribution is -2.16. The maximum Gasteiger partial charge on any atom is 0.315 e. The minimum atomic E-state index is -0.414. The standard InChI is InChI=1S/C18H13ClN2O5/c19-14-7-11(8-15-17(14)24-6-5-23-15)9-16(22)26-13-3-1-12(2-4-13)18-21-20-10-25-18/h1-4,7-8,10H,5-6,9H2. The first-order valence-corrected chi connectivity index (χ1v) is 8.22. The largest absolute Gasteiger partial charge is 0.486 e. The van der Waals surface area contributed by atoms with Gasteiger partial charge < -0.3 is 18.6 Å². The van der Waals surface area contributed by atoms with E-state index in [9.17, 15) is 4.79 Å². The molecule has 2 heterocycles. The van der Waals surface area contributed by atoms with Gasteiger partial charge in [0.1, 0.15) is 19.0 Å². The lowest BCUT2D eigenvalue weighted by molar-refractivity contribution is -0.133. The molecule has 4 rings (SSSR count). The molecule has 1 aliphatic rings. The fraction of sp³-hybridized carbons (Fsp3) is 0.167. The van der Waals surface area contributed by atoms with E-state index in [1.807, 2.05) is 0 Å². The second-order valence-corrected chi connectivity index (χ2v) is 5.93. The molecule has 7 nitrogen and oxygen atoms in total. The molecule has 0 unspecified atom stereocenters. The second kappa shape index (κ2) is 7.05. The van der Waals surface area contributed by atoms with Crippen LogP contribution in [0.4, 0.5) is 0 Å². The summed E-state index contributed by atoms with van der Waals surface area (Å²) in [4.78, 5) is 12.2. The molecule has 0 amide bonds. The SMILES string of the molecule is O=C(Cc1cc(Cl)c2c(c1)OCCO2)Oc1ccc(-c2nnco2)cc1. The number of benzene rings is 2. The van der Waals surface area contributed by atoms with Crippen LogP contribution in [0.3, 0.4) is 0 Å². The minimum Gasteiger partial charge on any atom is -0.486 e. The molecule has 26 heavy (non-hydrogen) atoms. The molecule has 132 valence electrons. The van der Waals surface area contributed by atoms with Crippen molar-refractivity contribution in [3.63, 3.8) is 0 Å². The molecule has 0 atom stereocenters. The maximum absolute atomic E-state index is 12.2. The first kappa shape index (κ1) is 16.4. The first-order chi connectivity index (χ1) is 12.7. The molecule has 0 spiro atoms. The molecular formula is C18H13ClN2O5. The van der Waals surface area contributed by atoms with Crippen LogP contribution in [0.2, 0.25) is 5.02 Å². The van der Waals surface area contributed by atoms with E-state index in [0.717, 1.165) is 5.56 Å². The molecule has 1 aliphatic heterocycles. The summed E-state index contributed by atoms with van der Waals surface area (Å²) in [7, 11) is 0. The zero-order valence-corrected chi connectivity index (χ0v) is 14.2. The smallest absolute Gasteiger partial charge is 0.315 e. The van der Waals surface area contributed by atoms with Crippen molar-refractivity contribution in [1.29, 1.82) is 0 Å². The van der Waals surface area contributed by atoms with Crippen LogP contribution < -0.4 is 14.2 Å². The number of hydrogen-bond acceptors (Lipinski definition) is 7. The third kappa shape index (κ3) is 3.48. The van der Waals surface area contributed by atoms with Crippen LogP contribution in [-0.4, -0.2) is 29.4 Å². The molecule has 0 fully saturated rings. The Balaban J connectivity index is 1.43. The van der Waals surface area contributed by atoms with Crippen LogP contribution in [0.5, 0.6) is 17.2 Å². The molecule has 3 aromatic rings. The van der Waals surface area contributed by atoms with E-state index < -0.39 is 5.97 Å². The monoisotopic (exact) mass is 372 g/mol. The van der Waals surface area contributed by atoms with E-state index >= 15 is 0 Å². The quantitative estimate of drug-likeness (QED) is 0.513. The van der Waals surface area contributed by atoms with Crippen molar-refractivity contribution >= 4 is 17.6 Å². The van der Waals surface area contributed by atoms with Crippen LogP contribution in [0.15, 0.2) is 47.2 Å². The molecular weight excluding hydrogens is 360 g/mol. The van der Waals surface area contributed by atoms with Gasteiger partial charge in [-0.25, -0.2) is 0 Å². The van der Waals surface area contributed by atoms with Gasteiger partial charge in [-0.05, 0) is 42.0 Å². The average Bonchev–Trinajstić information content (AvgIpc) is 3.17. The van der Waals surface area contributed by atoms with E-state index in [0.29, 0.717) is 46.9 Å². The van der Waals surface area contributed by atoms with Crippen LogP contribution in [0.1, 0.15) is 5.56 Å². The van der Waals surface area contributed by atoms with Gasteiger partial charge in [0, 0.05) is 5.56 Å². The van der Waals surface area contributed by atoms with Gasteiger partial charge in [-0.1, -0.05) is 11.6 Å². The Morgan fingerprint density at radius 3 is 2.73 bits per heavy atom. The van der Waals surface area contributed by atoms with Gasteiger partial charge in [-0.3, -0.25) is 4.79 Å². The minimum absolute atomic E-state index is 0.0573. The molecule has 0 bridgehead atoms. The molecule has 0 saturated carbocycles. The molecule has 8 heteroatoms. The van der Waals surface area contributed by atoms with Crippen molar-refractivity contribution in [3.8, 4) is 28.7 Å². The third-order valence-electron chi connectivity index (χ3n) is 3.70. The number of halogens is 1. The molecule has 2 aromatic carbocycles. The number of fused-ring (bicyclic) bond motifs is 1. The predicted molar refractivity (Wildman–Crippen MR) is 91.5 cm³/mol. The normalized spacial score (nSPS) is 12.7. The zero-order chi connectivity index (χ0) is 17.9. The summed E-state index contributed by atoms with van der Waals surface area (Å²) in [5.41, 5.74) is 1.42. The van der Waals surface area contributed by atoms with Gasteiger partial charge in [0.05, 0.1) is 11.4 Å². The van der Waals surface area contributed by atoms with Crippen molar-refractivity contribution in [2.45, 2.75) is 6.42 Å². The van der Waals surface area contributed by atoms with E-state index in [4.69, 9.17) is 30.2 Å². The fourth-order valence-corrected chi connectivity index (χ4v) is 2.85. The van der Waals surface area contributed by atoms with Crippen LogP contribution >= 0.6 is 11.6 Å². The van der Waals surface area contributed by atoms with Crippen LogP contribution in [0.25, 0.3) is 11.5 Å². The summed E-state index contributed by atoms with van der Waals surface area (Å²) in [6.45, 7) is 0.900. The number of hydrogen-bond donors (Lipinski definition) is 0. The molecule has 1 aromatic heterocycles. The van der Waals surface area contributed by atoms with Crippen molar-refractivity contribution in [2.24, 2.45) is 0 Å². The van der Waals surface area contributed by atoms with Crippen molar-refractivity contribution in [3.05, 3.63) is 53.4 Å². The fourth-order valence-electron chi connectivity index (χ4n) is 2.56. The number of carbonyl (C=O) groups is 1. The average molecular weight is 373 g/mol. The van der Waals surface area contributed by atoms with Crippen molar-refractivity contribution in [1.82, 2.24) is 10.2 Å². The highest BCUT2D eigenvalue weighted by Crippen LogP contribution is 2.38. The highest BCUT2D eigenvalue weighted by Gasteiger charge is 2.18. The first-order valence-electron chi connectivity index (χ1n) is 7.84. The summed E-state index contributed by atoms with van der Waals surface area (Å²) in [5, 5.41) is 7.85. The predicted octanol–water partition coefficient (Wildman–Crippen LogP) is 3.31. The molecule has 0 radical (unpaired) electrons.